The highest BCUT2D eigenvalue weighted by Gasteiger charge is 2.32. The first-order valence-corrected chi connectivity index (χ1v) is 7.91. The molecule has 0 bridgehead atoms. The van der Waals surface area contributed by atoms with Crippen molar-refractivity contribution < 1.29 is 23.8 Å². The minimum atomic E-state index is -1.16. The molecule has 22 heavy (non-hydrogen) atoms. The predicted octanol–water partition coefficient (Wildman–Crippen LogP) is 2.54. The number of carboxylic acid groups (broad SMARTS) is 1. The average Bonchev–Trinajstić information content (AvgIpc) is 3.24. The Bertz CT molecular complexity index is 540. The largest absolute Gasteiger partial charge is 0.475 e. The monoisotopic (exact) mass is 307 g/mol. The maximum Gasteiger partial charge on any atom is 0.371 e. The van der Waals surface area contributed by atoms with Gasteiger partial charge in [0.25, 0.3) is 5.91 Å². The molecule has 6 nitrogen and oxygen atoms in total. The molecule has 1 amide bonds. The van der Waals surface area contributed by atoms with Crippen LogP contribution in [0.3, 0.4) is 0 Å². The van der Waals surface area contributed by atoms with Gasteiger partial charge in [0.1, 0.15) is 0 Å². The molecule has 2 aliphatic rings. The number of carbonyl (C=O) groups is 2. The van der Waals surface area contributed by atoms with E-state index in [4.69, 9.17) is 14.3 Å². The summed E-state index contributed by atoms with van der Waals surface area (Å²) in [5.74, 6) is -1.49. The summed E-state index contributed by atoms with van der Waals surface area (Å²) in [7, 11) is 0. The lowest BCUT2D eigenvalue weighted by atomic mass is 10.1. The van der Waals surface area contributed by atoms with Crippen molar-refractivity contribution in [1.82, 2.24) is 4.90 Å². The van der Waals surface area contributed by atoms with Crippen LogP contribution in [0.4, 0.5) is 0 Å². The van der Waals surface area contributed by atoms with E-state index < -0.39 is 5.97 Å². The standard InChI is InChI=1S/C16H21NO5/c18-15(13-7-8-14(22-13)16(19)20)17(11-4-1-2-5-11)10-12-6-3-9-21-12/h7-8,11-12H,1-6,9-10H2,(H,19,20)/t12-/m0/s1. The minimum absolute atomic E-state index is 0.0819. The topological polar surface area (TPSA) is 80.0 Å². The van der Waals surface area contributed by atoms with E-state index in [-0.39, 0.29) is 29.6 Å². The first kappa shape index (κ1) is 15.1. The fourth-order valence-corrected chi connectivity index (χ4v) is 3.33. The van der Waals surface area contributed by atoms with E-state index in [1.165, 1.54) is 12.1 Å². The molecule has 1 aliphatic carbocycles. The van der Waals surface area contributed by atoms with Crippen LogP contribution in [-0.2, 0) is 4.74 Å². The van der Waals surface area contributed by atoms with Gasteiger partial charge >= 0.3 is 5.97 Å². The van der Waals surface area contributed by atoms with Gasteiger partial charge in [0.05, 0.1) is 6.10 Å². The van der Waals surface area contributed by atoms with Gasteiger partial charge in [0.2, 0.25) is 5.76 Å². The average molecular weight is 307 g/mol. The number of furan rings is 1. The first-order chi connectivity index (χ1) is 10.6. The lowest BCUT2D eigenvalue weighted by molar-refractivity contribution is 0.0394. The van der Waals surface area contributed by atoms with Crippen molar-refractivity contribution in [2.24, 2.45) is 0 Å². The number of nitrogens with zero attached hydrogens (tertiary/aromatic N) is 1. The van der Waals surface area contributed by atoms with E-state index in [0.29, 0.717) is 6.54 Å². The van der Waals surface area contributed by atoms with Crippen molar-refractivity contribution in [2.45, 2.75) is 50.7 Å². The number of hydrogen-bond donors (Lipinski definition) is 1. The van der Waals surface area contributed by atoms with Gasteiger partial charge in [-0.2, -0.15) is 0 Å². The minimum Gasteiger partial charge on any atom is -0.475 e. The highest BCUT2D eigenvalue weighted by molar-refractivity contribution is 5.93. The van der Waals surface area contributed by atoms with Gasteiger partial charge in [-0.05, 0) is 37.8 Å². The number of hydrogen-bond acceptors (Lipinski definition) is 4. The van der Waals surface area contributed by atoms with Crippen molar-refractivity contribution in [3.63, 3.8) is 0 Å². The highest BCUT2D eigenvalue weighted by atomic mass is 16.5. The summed E-state index contributed by atoms with van der Waals surface area (Å²) in [6.07, 6.45) is 6.31. The number of rotatable bonds is 5. The fraction of sp³-hybridized carbons (Fsp3) is 0.625. The zero-order chi connectivity index (χ0) is 15.5. The molecule has 0 aromatic carbocycles. The number of carboxylic acids is 1. The third kappa shape index (κ3) is 3.16. The maximum atomic E-state index is 12.7. The Labute approximate surface area is 129 Å². The van der Waals surface area contributed by atoms with Gasteiger partial charge in [-0.3, -0.25) is 4.79 Å². The van der Waals surface area contributed by atoms with E-state index in [1.54, 1.807) is 0 Å². The normalized spacial score (nSPS) is 22.1. The molecule has 0 spiro atoms. The molecule has 1 aliphatic heterocycles. The van der Waals surface area contributed by atoms with E-state index in [9.17, 15) is 9.59 Å². The second kappa shape index (κ2) is 6.52. The van der Waals surface area contributed by atoms with Crippen LogP contribution in [-0.4, -0.2) is 47.2 Å². The second-order valence-electron chi connectivity index (χ2n) is 6.00. The van der Waals surface area contributed by atoms with Gasteiger partial charge in [-0.1, -0.05) is 12.8 Å². The quantitative estimate of drug-likeness (QED) is 0.904. The number of ether oxygens (including phenoxy) is 1. The Morgan fingerprint density at radius 2 is 1.86 bits per heavy atom. The summed E-state index contributed by atoms with van der Waals surface area (Å²) in [6, 6.07) is 2.98. The molecule has 2 heterocycles. The van der Waals surface area contributed by atoms with Gasteiger partial charge in [-0.15, -0.1) is 0 Å². The lowest BCUT2D eigenvalue weighted by Crippen LogP contribution is -2.43. The molecule has 1 aromatic rings. The summed E-state index contributed by atoms with van der Waals surface area (Å²) in [5.41, 5.74) is 0. The molecule has 6 heteroatoms. The third-order valence-electron chi connectivity index (χ3n) is 4.48. The van der Waals surface area contributed by atoms with Crippen LogP contribution in [0.15, 0.2) is 16.5 Å². The zero-order valence-electron chi connectivity index (χ0n) is 12.5. The first-order valence-electron chi connectivity index (χ1n) is 7.91. The Balaban J connectivity index is 1.76. The molecular formula is C16H21NO5. The van der Waals surface area contributed by atoms with E-state index >= 15 is 0 Å². The molecule has 1 atom stereocenters. The van der Waals surface area contributed by atoms with E-state index in [1.807, 2.05) is 4.90 Å². The van der Waals surface area contributed by atoms with Crippen LogP contribution >= 0.6 is 0 Å². The van der Waals surface area contributed by atoms with E-state index in [0.717, 1.165) is 45.1 Å². The van der Waals surface area contributed by atoms with Crippen molar-refractivity contribution >= 4 is 11.9 Å². The number of carbonyl (C=O) groups excluding carboxylic acids is 1. The molecular weight excluding hydrogens is 286 g/mol. The summed E-state index contributed by atoms with van der Waals surface area (Å²) < 4.78 is 10.8. The van der Waals surface area contributed by atoms with Crippen LogP contribution in [0.5, 0.6) is 0 Å². The highest BCUT2D eigenvalue weighted by Crippen LogP contribution is 2.27. The Kier molecular flexibility index (Phi) is 4.47. The smallest absolute Gasteiger partial charge is 0.371 e. The summed E-state index contributed by atoms with van der Waals surface area (Å²) in [5, 5.41) is 8.92. The fourth-order valence-electron chi connectivity index (χ4n) is 3.33. The van der Waals surface area contributed by atoms with Crippen molar-refractivity contribution in [3.05, 3.63) is 23.7 Å². The molecule has 2 fully saturated rings. The van der Waals surface area contributed by atoms with Crippen LogP contribution in [0.2, 0.25) is 0 Å². The third-order valence-corrected chi connectivity index (χ3v) is 4.48. The van der Waals surface area contributed by atoms with Crippen molar-refractivity contribution in [2.75, 3.05) is 13.2 Å². The molecule has 1 aromatic heterocycles. The lowest BCUT2D eigenvalue weighted by Gasteiger charge is -2.30. The molecule has 1 saturated carbocycles. The Morgan fingerprint density at radius 1 is 1.14 bits per heavy atom. The van der Waals surface area contributed by atoms with Gasteiger partial charge < -0.3 is 19.2 Å². The molecule has 3 rings (SSSR count). The SMILES string of the molecule is O=C(O)c1ccc(C(=O)N(C[C@@H]2CCCO2)C2CCCC2)o1. The summed E-state index contributed by atoms with van der Waals surface area (Å²) in [6.45, 7) is 1.31. The van der Waals surface area contributed by atoms with Crippen LogP contribution in [0, 0.1) is 0 Å². The van der Waals surface area contributed by atoms with Crippen LogP contribution in [0.25, 0.3) is 0 Å². The zero-order valence-corrected chi connectivity index (χ0v) is 12.5. The van der Waals surface area contributed by atoms with E-state index in [2.05, 4.69) is 0 Å². The Hall–Kier alpha value is -1.82. The molecule has 0 radical (unpaired) electrons. The van der Waals surface area contributed by atoms with Gasteiger partial charge in [0, 0.05) is 19.2 Å². The van der Waals surface area contributed by atoms with Crippen LogP contribution < -0.4 is 0 Å². The van der Waals surface area contributed by atoms with Gasteiger partial charge in [-0.25, -0.2) is 4.79 Å². The molecule has 0 unspecified atom stereocenters. The van der Waals surface area contributed by atoms with Crippen molar-refractivity contribution in [3.8, 4) is 0 Å². The maximum absolute atomic E-state index is 12.7. The molecule has 120 valence electrons. The second-order valence-corrected chi connectivity index (χ2v) is 6.00. The molecule has 1 N–H and O–H groups in total. The van der Waals surface area contributed by atoms with Crippen molar-refractivity contribution in [1.29, 1.82) is 0 Å². The summed E-state index contributed by atoms with van der Waals surface area (Å²) in [4.78, 5) is 25.5. The van der Waals surface area contributed by atoms with Crippen LogP contribution in [0.1, 0.15) is 59.6 Å². The Morgan fingerprint density at radius 3 is 2.45 bits per heavy atom. The summed E-state index contributed by atoms with van der Waals surface area (Å²) >= 11 is 0. The molecule has 1 saturated heterocycles. The predicted molar refractivity (Wildman–Crippen MR) is 77.9 cm³/mol. The number of aromatic carboxylic acids is 1. The van der Waals surface area contributed by atoms with Gasteiger partial charge in [0.15, 0.2) is 5.76 Å². The number of amides is 1.